The third-order valence-electron chi connectivity index (χ3n) is 3.61. The van der Waals surface area contributed by atoms with Gasteiger partial charge in [0, 0.05) is 18.2 Å². The zero-order valence-corrected chi connectivity index (χ0v) is 13.3. The molecule has 0 amide bonds. The molecule has 0 spiro atoms. The summed E-state index contributed by atoms with van der Waals surface area (Å²) in [5.74, 6) is -0.0312. The second-order valence-electron chi connectivity index (χ2n) is 5.49. The van der Waals surface area contributed by atoms with Crippen LogP contribution in [0.15, 0.2) is 24.3 Å². The van der Waals surface area contributed by atoms with E-state index in [9.17, 15) is 4.79 Å². The van der Waals surface area contributed by atoms with E-state index in [-0.39, 0.29) is 5.92 Å². The van der Waals surface area contributed by atoms with E-state index in [1.807, 2.05) is 25.1 Å². The van der Waals surface area contributed by atoms with Crippen LogP contribution in [-0.4, -0.2) is 23.7 Å². The maximum Gasteiger partial charge on any atom is 0.306 e. The number of nitrogens with one attached hydrogen (secondary N) is 1. The van der Waals surface area contributed by atoms with Gasteiger partial charge in [-0.15, -0.1) is 0 Å². The van der Waals surface area contributed by atoms with Crippen LogP contribution in [0.1, 0.15) is 45.6 Å². The average molecular weight is 293 g/mol. The Kier molecular flexibility index (Phi) is 7.83. The number of hydrogen-bond acceptors (Lipinski definition) is 3. The number of para-hydroxylation sites is 1. The Bertz CT molecular complexity index is 434. The van der Waals surface area contributed by atoms with Gasteiger partial charge in [0.05, 0.1) is 12.5 Å². The number of carboxylic acid groups (broad SMARTS) is 1. The topological polar surface area (TPSA) is 58.6 Å². The van der Waals surface area contributed by atoms with Gasteiger partial charge in [-0.25, -0.2) is 0 Å². The normalized spacial score (nSPS) is 13.7. The number of benzene rings is 1. The van der Waals surface area contributed by atoms with Crippen molar-refractivity contribution >= 4 is 5.97 Å². The van der Waals surface area contributed by atoms with E-state index < -0.39 is 5.97 Å². The molecule has 4 heteroatoms. The molecule has 2 N–H and O–H groups in total. The molecular weight excluding hydrogens is 266 g/mol. The van der Waals surface area contributed by atoms with Crippen molar-refractivity contribution in [3.05, 3.63) is 29.8 Å². The van der Waals surface area contributed by atoms with Gasteiger partial charge in [-0.3, -0.25) is 4.79 Å². The minimum absolute atomic E-state index is 0.254. The molecule has 0 saturated carbocycles. The first-order chi connectivity index (χ1) is 10.0. The summed E-state index contributed by atoms with van der Waals surface area (Å²) in [6.45, 7) is 7.31. The van der Waals surface area contributed by atoms with E-state index in [1.54, 1.807) is 6.92 Å². The first-order valence-corrected chi connectivity index (χ1v) is 7.71. The average Bonchev–Trinajstić information content (AvgIpc) is 2.46. The highest BCUT2D eigenvalue weighted by Gasteiger charge is 2.11. The molecule has 0 aliphatic carbocycles. The standard InChI is InChI=1S/C17H27NO3/c1-4-21-16-11-6-5-10-15(16)12-18-14(3)9-7-8-13(2)17(19)20/h5-6,10-11,13-14,18H,4,7-9,12H2,1-3H3,(H,19,20). The van der Waals surface area contributed by atoms with Gasteiger partial charge >= 0.3 is 5.97 Å². The molecule has 0 fully saturated rings. The van der Waals surface area contributed by atoms with Gasteiger partial charge in [0.15, 0.2) is 0 Å². The number of carbonyl (C=O) groups is 1. The minimum Gasteiger partial charge on any atom is -0.494 e. The molecule has 1 aromatic rings. The maximum absolute atomic E-state index is 10.8. The van der Waals surface area contributed by atoms with Crippen LogP contribution in [-0.2, 0) is 11.3 Å². The van der Waals surface area contributed by atoms with Gasteiger partial charge in [0.1, 0.15) is 5.75 Å². The SMILES string of the molecule is CCOc1ccccc1CNC(C)CCCC(C)C(=O)O. The van der Waals surface area contributed by atoms with E-state index in [4.69, 9.17) is 9.84 Å². The van der Waals surface area contributed by atoms with Crippen molar-refractivity contribution in [1.29, 1.82) is 0 Å². The van der Waals surface area contributed by atoms with Gasteiger partial charge in [0.2, 0.25) is 0 Å². The van der Waals surface area contributed by atoms with Gasteiger partial charge in [-0.1, -0.05) is 31.5 Å². The number of hydrogen-bond donors (Lipinski definition) is 2. The molecule has 0 heterocycles. The fourth-order valence-corrected chi connectivity index (χ4v) is 2.19. The Morgan fingerprint density at radius 1 is 1.29 bits per heavy atom. The summed E-state index contributed by atoms with van der Waals surface area (Å²) in [6.07, 6.45) is 2.64. The van der Waals surface area contributed by atoms with Crippen LogP contribution in [0.3, 0.4) is 0 Å². The summed E-state index contributed by atoms with van der Waals surface area (Å²) in [5, 5.41) is 12.3. The Hall–Kier alpha value is -1.55. The number of ether oxygens (including phenoxy) is 1. The number of aliphatic carboxylic acids is 1. The van der Waals surface area contributed by atoms with Crippen LogP contribution >= 0.6 is 0 Å². The fourth-order valence-electron chi connectivity index (χ4n) is 2.19. The third kappa shape index (κ3) is 6.63. The summed E-state index contributed by atoms with van der Waals surface area (Å²) in [6, 6.07) is 8.40. The predicted octanol–water partition coefficient (Wildman–Crippen LogP) is 3.45. The second kappa shape index (κ2) is 9.40. The summed E-state index contributed by atoms with van der Waals surface area (Å²) >= 11 is 0. The number of rotatable bonds is 10. The van der Waals surface area contributed by atoms with Gasteiger partial charge in [0.25, 0.3) is 0 Å². The van der Waals surface area contributed by atoms with Crippen LogP contribution in [0.4, 0.5) is 0 Å². The highest BCUT2D eigenvalue weighted by atomic mass is 16.5. The Morgan fingerprint density at radius 3 is 2.67 bits per heavy atom. The van der Waals surface area contributed by atoms with Crippen LogP contribution < -0.4 is 10.1 Å². The van der Waals surface area contributed by atoms with Crippen molar-refractivity contribution in [2.45, 2.75) is 52.6 Å². The van der Waals surface area contributed by atoms with Crippen molar-refractivity contribution < 1.29 is 14.6 Å². The van der Waals surface area contributed by atoms with Crippen LogP contribution in [0, 0.1) is 5.92 Å². The Balaban J connectivity index is 2.33. The van der Waals surface area contributed by atoms with Crippen LogP contribution in [0.25, 0.3) is 0 Å². The molecule has 0 radical (unpaired) electrons. The molecule has 1 rings (SSSR count). The molecule has 1 aromatic carbocycles. The summed E-state index contributed by atoms with van der Waals surface area (Å²) in [4.78, 5) is 10.8. The van der Waals surface area contributed by atoms with E-state index in [1.165, 1.54) is 0 Å². The third-order valence-corrected chi connectivity index (χ3v) is 3.61. The van der Waals surface area contributed by atoms with Crippen molar-refractivity contribution in [3.63, 3.8) is 0 Å². The maximum atomic E-state index is 10.8. The minimum atomic E-state index is -0.707. The molecule has 2 atom stereocenters. The second-order valence-corrected chi connectivity index (χ2v) is 5.49. The lowest BCUT2D eigenvalue weighted by atomic mass is 10.0. The molecule has 0 aromatic heterocycles. The largest absolute Gasteiger partial charge is 0.494 e. The van der Waals surface area contributed by atoms with Crippen molar-refractivity contribution in [2.75, 3.05) is 6.61 Å². The Labute approximate surface area is 127 Å². The first-order valence-electron chi connectivity index (χ1n) is 7.71. The van der Waals surface area contributed by atoms with E-state index >= 15 is 0 Å². The zero-order valence-electron chi connectivity index (χ0n) is 13.3. The fraction of sp³-hybridized carbons (Fsp3) is 0.588. The molecule has 0 bridgehead atoms. The van der Waals surface area contributed by atoms with Crippen molar-refractivity contribution in [1.82, 2.24) is 5.32 Å². The number of carboxylic acids is 1. The van der Waals surface area contributed by atoms with E-state index in [2.05, 4.69) is 18.3 Å². The first kappa shape index (κ1) is 17.5. The van der Waals surface area contributed by atoms with Gasteiger partial charge in [-0.2, -0.15) is 0 Å². The van der Waals surface area contributed by atoms with Gasteiger partial charge < -0.3 is 15.2 Å². The summed E-state index contributed by atoms with van der Waals surface area (Å²) in [7, 11) is 0. The molecule has 0 aliphatic heterocycles. The predicted molar refractivity (Wildman–Crippen MR) is 84.6 cm³/mol. The van der Waals surface area contributed by atoms with E-state index in [0.29, 0.717) is 12.6 Å². The zero-order chi connectivity index (χ0) is 15.7. The monoisotopic (exact) mass is 293 g/mol. The summed E-state index contributed by atoms with van der Waals surface area (Å²) < 4.78 is 5.60. The van der Waals surface area contributed by atoms with Crippen molar-refractivity contribution in [3.8, 4) is 5.75 Å². The highest BCUT2D eigenvalue weighted by Crippen LogP contribution is 2.18. The Morgan fingerprint density at radius 2 is 2.00 bits per heavy atom. The molecule has 2 unspecified atom stereocenters. The van der Waals surface area contributed by atoms with Crippen LogP contribution in [0.2, 0.25) is 0 Å². The van der Waals surface area contributed by atoms with Crippen molar-refractivity contribution in [2.24, 2.45) is 5.92 Å². The quantitative estimate of drug-likeness (QED) is 0.693. The molecule has 118 valence electrons. The smallest absolute Gasteiger partial charge is 0.306 e. The summed E-state index contributed by atoms with van der Waals surface area (Å²) in [5.41, 5.74) is 1.16. The molecule has 21 heavy (non-hydrogen) atoms. The lowest BCUT2D eigenvalue weighted by Gasteiger charge is -2.16. The highest BCUT2D eigenvalue weighted by molar-refractivity contribution is 5.69. The van der Waals surface area contributed by atoms with Crippen LogP contribution in [0.5, 0.6) is 5.75 Å². The molecule has 0 aliphatic rings. The van der Waals surface area contributed by atoms with Gasteiger partial charge in [-0.05, 0) is 32.8 Å². The lowest BCUT2D eigenvalue weighted by Crippen LogP contribution is -2.26. The van der Waals surface area contributed by atoms with E-state index in [0.717, 1.165) is 37.1 Å². The molecule has 0 saturated heterocycles. The molecule has 4 nitrogen and oxygen atoms in total. The molecular formula is C17H27NO3. The lowest BCUT2D eigenvalue weighted by molar-refractivity contribution is -0.141.